The minimum Gasteiger partial charge on any atom is -0.397 e. The van der Waals surface area contributed by atoms with Crippen molar-refractivity contribution in [2.75, 3.05) is 0 Å². The fourth-order valence-electron chi connectivity index (χ4n) is 7.66. The highest BCUT2D eigenvalue weighted by Gasteiger charge is 2.36. The number of H-pyrrole nitrogens is 2. The van der Waals surface area contributed by atoms with Gasteiger partial charge in [-0.05, 0) is 42.5 Å². The van der Waals surface area contributed by atoms with Gasteiger partial charge in [-0.25, -0.2) is 97.8 Å². The molecule has 4 aromatic carbocycles. The van der Waals surface area contributed by atoms with Crippen LogP contribution in [0.5, 0.6) is 0 Å². The number of nitrogens with two attached hydrogens (primary N) is 1. The molecule has 0 fully saturated rings. The van der Waals surface area contributed by atoms with Crippen molar-refractivity contribution in [2.24, 2.45) is 5.73 Å². The average Bonchev–Trinajstić information content (AvgIpc) is 4.18. The van der Waals surface area contributed by atoms with Gasteiger partial charge in [0.25, 0.3) is 0 Å². The van der Waals surface area contributed by atoms with Crippen molar-refractivity contribution < 1.29 is 87.8 Å². The molecule has 2 aliphatic heterocycles. The molecule has 5 heterocycles. The fourth-order valence-corrected chi connectivity index (χ4v) is 7.66. The molecule has 8 bridgehead atoms. The smallest absolute Gasteiger partial charge is 0.200 e. The molecular weight excluding hydrogens is 978 g/mol. The number of halogens is 20. The maximum atomic E-state index is 15.9. The van der Waals surface area contributed by atoms with E-state index in [1.807, 2.05) is 0 Å². The van der Waals surface area contributed by atoms with Gasteiger partial charge in [0.15, 0.2) is 93.1 Å². The summed E-state index contributed by atoms with van der Waals surface area (Å²) in [4.78, 5) is 12.2. The van der Waals surface area contributed by atoms with Crippen molar-refractivity contribution in [1.82, 2.24) is 19.9 Å². The number of aromatic amines is 2. The summed E-state index contributed by atoms with van der Waals surface area (Å²) in [5.74, 6) is -53.2. The summed E-state index contributed by atoms with van der Waals surface area (Å²) in [7, 11) is 0. The van der Waals surface area contributed by atoms with Crippen molar-refractivity contribution in [1.29, 1.82) is 0 Å². The van der Waals surface area contributed by atoms with Crippen LogP contribution in [0.15, 0.2) is 24.3 Å². The maximum absolute atomic E-state index is 15.9. The van der Waals surface area contributed by atoms with E-state index in [0.29, 0.717) is 42.5 Å². The Morgan fingerprint density at radius 2 is 0.507 bits per heavy atom. The molecule has 5 nitrogen and oxygen atoms in total. The Kier molecular flexibility index (Phi) is 10.7. The van der Waals surface area contributed by atoms with Crippen LogP contribution in [0.3, 0.4) is 0 Å². The van der Waals surface area contributed by atoms with Gasteiger partial charge in [-0.1, -0.05) is 0 Å². The predicted octanol–water partition coefficient (Wildman–Crippen LogP) is 13.4. The number of benzene rings is 4. The standard InChI is InChI=1S/C44H11F20N5/c45-24-20(25(46)33(54)40(61)32(24)53)16-9-1-2-10(66-9)17(21-26(47)34(55)41(62)35(56)27(21)48)12-5-6-14(68-12)19(23-30(51)38(59)43(64)39(60)31(23)52)44-8(65)7-15(69-44)18(13-4-3-11(16)67-13)22-28(49)36(57)42(63)37(58)29(22)50/h1-7,67-68H,65H2. The third-order valence-corrected chi connectivity index (χ3v) is 10.7. The lowest BCUT2D eigenvalue weighted by molar-refractivity contribution is 0.381. The third-order valence-electron chi connectivity index (χ3n) is 10.7. The van der Waals surface area contributed by atoms with E-state index in [0.717, 1.165) is 0 Å². The van der Waals surface area contributed by atoms with Crippen molar-refractivity contribution in [3.05, 3.63) is 163 Å². The monoisotopic (exact) mass is 989 g/mol. The Morgan fingerprint density at radius 3 is 0.797 bits per heavy atom. The van der Waals surface area contributed by atoms with Crippen LogP contribution in [-0.4, -0.2) is 19.9 Å². The quantitative estimate of drug-likeness (QED) is 0.0933. The number of nitrogens with zero attached hydrogens (tertiary/aromatic N) is 2. The molecule has 69 heavy (non-hydrogen) atoms. The van der Waals surface area contributed by atoms with Gasteiger partial charge in [-0.15, -0.1) is 0 Å². The van der Waals surface area contributed by atoms with Crippen molar-refractivity contribution in [2.45, 2.75) is 0 Å². The summed E-state index contributed by atoms with van der Waals surface area (Å²) in [6.45, 7) is 0. The first-order valence-electron chi connectivity index (χ1n) is 18.5. The van der Waals surface area contributed by atoms with Crippen LogP contribution < -0.4 is 5.73 Å². The van der Waals surface area contributed by atoms with Gasteiger partial charge < -0.3 is 15.7 Å². The molecular formula is C44H11F20N5. The molecule has 0 unspecified atom stereocenters. The highest BCUT2D eigenvalue weighted by molar-refractivity contribution is 6.02. The lowest BCUT2D eigenvalue weighted by Gasteiger charge is -2.12. The first kappa shape index (κ1) is 46.0. The average molecular weight is 990 g/mol. The SMILES string of the molecule is NC1=Cc2nc1c(-c1c(F)c(F)c(F)c(F)c1F)c1ccc([nH]1)c(-c1c(F)c(F)c(F)c(F)c1F)c1nc(c(-c3c(F)c(F)c(F)c(F)c3F)c3ccc([nH]3)c2-c2c(F)c(F)c(F)c(F)c2F)C=C1. The zero-order valence-electron chi connectivity index (χ0n) is 32.6. The first-order valence-corrected chi connectivity index (χ1v) is 18.5. The molecule has 0 radical (unpaired) electrons. The highest BCUT2D eigenvalue weighted by Crippen LogP contribution is 2.45. The van der Waals surface area contributed by atoms with E-state index in [9.17, 15) is 52.7 Å². The van der Waals surface area contributed by atoms with E-state index in [2.05, 4.69) is 19.9 Å². The van der Waals surface area contributed by atoms with E-state index in [1.54, 1.807) is 0 Å². The molecule has 9 rings (SSSR count). The van der Waals surface area contributed by atoms with Crippen LogP contribution in [0, 0.1) is 116 Å². The third kappa shape index (κ3) is 6.56. The molecule has 4 N–H and O–H groups in total. The molecule has 352 valence electrons. The number of aromatic nitrogens is 4. The van der Waals surface area contributed by atoms with Crippen LogP contribution in [-0.2, 0) is 0 Å². The topological polar surface area (TPSA) is 83.4 Å². The number of fused-ring (bicyclic) bond motifs is 8. The first-order chi connectivity index (χ1) is 32.5. The molecule has 2 aliphatic rings. The Morgan fingerprint density at radius 1 is 0.275 bits per heavy atom. The fraction of sp³-hybridized carbons (Fsp3) is 0. The van der Waals surface area contributed by atoms with Crippen LogP contribution >= 0.6 is 0 Å². The normalized spacial score (nSPS) is 12.4. The zero-order chi connectivity index (χ0) is 50.1. The summed E-state index contributed by atoms with van der Waals surface area (Å²) < 4.78 is 304. The van der Waals surface area contributed by atoms with Crippen LogP contribution in [0.1, 0.15) is 22.8 Å². The van der Waals surface area contributed by atoms with E-state index < -0.39 is 211 Å². The Hall–Kier alpha value is -8.12. The Balaban J connectivity index is 1.62. The predicted molar refractivity (Wildman–Crippen MR) is 203 cm³/mol. The molecule has 0 spiro atoms. The van der Waals surface area contributed by atoms with Gasteiger partial charge in [0.05, 0.1) is 50.7 Å². The number of hydrogen-bond donors (Lipinski definition) is 3. The molecule has 3 aromatic heterocycles. The van der Waals surface area contributed by atoms with Crippen molar-refractivity contribution in [3.63, 3.8) is 0 Å². The largest absolute Gasteiger partial charge is 0.397 e. The number of rotatable bonds is 4. The van der Waals surface area contributed by atoms with Gasteiger partial charge in [-0.3, -0.25) is 0 Å². The lowest BCUT2D eigenvalue weighted by atomic mass is 10.00. The zero-order valence-corrected chi connectivity index (χ0v) is 32.6. The molecule has 0 atom stereocenters. The second-order valence-corrected chi connectivity index (χ2v) is 14.5. The van der Waals surface area contributed by atoms with Crippen LogP contribution in [0.25, 0.3) is 90.5 Å². The summed E-state index contributed by atoms with van der Waals surface area (Å²) in [5, 5.41) is 0. The van der Waals surface area contributed by atoms with Gasteiger partial charge in [-0.2, -0.15) is 0 Å². The molecule has 0 amide bonds. The van der Waals surface area contributed by atoms with Gasteiger partial charge in [0.2, 0.25) is 23.3 Å². The minimum atomic E-state index is -2.74. The van der Waals surface area contributed by atoms with Gasteiger partial charge in [0, 0.05) is 44.3 Å². The Labute approximate surface area is 367 Å². The molecule has 7 aromatic rings. The number of nitrogens with one attached hydrogen (secondary N) is 2. The Bertz CT molecular complexity index is 3640. The minimum absolute atomic E-state index is 0.461. The van der Waals surface area contributed by atoms with E-state index in [4.69, 9.17) is 5.73 Å². The van der Waals surface area contributed by atoms with E-state index in [-0.39, 0.29) is 0 Å². The molecule has 0 aliphatic carbocycles. The highest BCUT2D eigenvalue weighted by atomic mass is 19.2. The second kappa shape index (κ2) is 16.0. The molecule has 0 saturated heterocycles. The van der Waals surface area contributed by atoms with Gasteiger partial charge >= 0.3 is 0 Å². The summed E-state index contributed by atoms with van der Waals surface area (Å²) >= 11 is 0. The molecule has 0 saturated carbocycles. The van der Waals surface area contributed by atoms with E-state index in [1.165, 1.54) is 0 Å². The van der Waals surface area contributed by atoms with Crippen molar-refractivity contribution >= 4 is 46.0 Å². The number of hydrogen-bond acceptors (Lipinski definition) is 3. The van der Waals surface area contributed by atoms with Crippen LogP contribution in [0.2, 0.25) is 0 Å². The second-order valence-electron chi connectivity index (χ2n) is 14.5. The van der Waals surface area contributed by atoms with Gasteiger partial charge in [0.1, 0.15) is 0 Å². The molecule has 25 heteroatoms. The lowest BCUT2D eigenvalue weighted by Crippen LogP contribution is -2.07. The summed E-state index contributed by atoms with van der Waals surface area (Å²) in [6, 6.07) is 2.38. The summed E-state index contributed by atoms with van der Waals surface area (Å²) in [6.07, 6.45) is 1.63. The maximum Gasteiger partial charge on any atom is 0.200 e. The van der Waals surface area contributed by atoms with Crippen LogP contribution in [0.4, 0.5) is 87.8 Å². The van der Waals surface area contributed by atoms with Crippen molar-refractivity contribution in [3.8, 4) is 44.5 Å². The van der Waals surface area contributed by atoms with E-state index >= 15 is 35.1 Å². The summed E-state index contributed by atoms with van der Waals surface area (Å²) in [5.41, 5.74) is -16.3.